The van der Waals surface area contributed by atoms with Crippen LogP contribution in [0, 0.1) is 12.7 Å². The molecule has 0 aliphatic carbocycles. The van der Waals surface area contributed by atoms with Crippen molar-refractivity contribution in [1.82, 2.24) is 4.98 Å². The molecule has 19 heavy (non-hydrogen) atoms. The van der Waals surface area contributed by atoms with Crippen molar-refractivity contribution < 1.29 is 22.3 Å². The van der Waals surface area contributed by atoms with E-state index >= 15 is 0 Å². The fourth-order valence-corrected chi connectivity index (χ4v) is 1.82. The van der Waals surface area contributed by atoms with Gasteiger partial charge in [-0.3, -0.25) is 0 Å². The van der Waals surface area contributed by atoms with Gasteiger partial charge in [0, 0.05) is 22.7 Å². The molecule has 0 aliphatic rings. The van der Waals surface area contributed by atoms with Crippen molar-refractivity contribution in [2.75, 3.05) is 12.8 Å². The van der Waals surface area contributed by atoms with E-state index in [1.807, 2.05) is 0 Å². The van der Waals surface area contributed by atoms with E-state index in [4.69, 9.17) is 10.5 Å². The molecule has 0 atom stereocenters. The Labute approximate surface area is 106 Å². The molecule has 0 bridgehead atoms. The number of aromatic nitrogens is 1. The summed E-state index contributed by atoms with van der Waals surface area (Å²) < 4.78 is 56.6. The maximum Gasteiger partial charge on any atom is 0.433 e. The maximum absolute atomic E-state index is 13.5. The minimum Gasteiger partial charge on any atom is -0.494 e. The standard InChI is InChI=1S/C12H10F4N2O/c1-5-10(17)6-3-9(19-2)7(13)4-8(6)18-11(5)12(14,15)16/h3-4H,1-2H3,(H2,17,18). The number of nitrogens with zero attached hydrogens (tertiary/aromatic N) is 1. The second kappa shape index (κ2) is 4.25. The first kappa shape index (κ1) is 13.4. The molecule has 2 aromatic rings. The number of anilines is 1. The molecule has 0 aliphatic heterocycles. The van der Waals surface area contributed by atoms with Crippen molar-refractivity contribution >= 4 is 16.6 Å². The first-order valence-electron chi connectivity index (χ1n) is 5.26. The zero-order chi connectivity index (χ0) is 14.4. The Morgan fingerprint density at radius 2 is 1.89 bits per heavy atom. The van der Waals surface area contributed by atoms with Crippen molar-refractivity contribution in [2.24, 2.45) is 0 Å². The Morgan fingerprint density at radius 3 is 2.42 bits per heavy atom. The van der Waals surface area contributed by atoms with Gasteiger partial charge in [0.2, 0.25) is 0 Å². The van der Waals surface area contributed by atoms with Crippen LogP contribution in [0.3, 0.4) is 0 Å². The van der Waals surface area contributed by atoms with Gasteiger partial charge in [0.15, 0.2) is 11.6 Å². The number of pyridine rings is 1. The van der Waals surface area contributed by atoms with E-state index < -0.39 is 17.7 Å². The van der Waals surface area contributed by atoms with Gasteiger partial charge < -0.3 is 10.5 Å². The van der Waals surface area contributed by atoms with E-state index in [1.54, 1.807) is 0 Å². The molecule has 0 fully saturated rings. The number of nitrogen functional groups attached to an aromatic ring is 1. The van der Waals surface area contributed by atoms with E-state index in [0.29, 0.717) is 0 Å². The van der Waals surface area contributed by atoms with Crippen LogP contribution in [-0.4, -0.2) is 12.1 Å². The minimum atomic E-state index is -4.64. The highest BCUT2D eigenvalue weighted by atomic mass is 19.4. The lowest BCUT2D eigenvalue weighted by Gasteiger charge is -2.14. The first-order chi connectivity index (χ1) is 8.75. The van der Waals surface area contributed by atoms with Crippen LogP contribution in [-0.2, 0) is 6.18 Å². The van der Waals surface area contributed by atoms with Crippen LogP contribution in [0.1, 0.15) is 11.3 Å². The van der Waals surface area contributed by atoms with E-state index in [2.05, 4.69) is 4.98 Å². The summed E-state index contributed by atoms with van der Waals surface area (Å²) in [7, 11) is 1.25. The van der Waals surface area contributed by atoms with Crippen LogP contribution < -0.4 is 10.5 Å². The summed E-state index contributed by atoms with van der Waals surface area (Å²) in [5.74, 6) is -0.890. The predicted molar refractivity (Wildman–Crippen MR) is 62.4 cm³/mol. The molecular formula is C12H10F4N2O. The van der Waals surface area contributed by atoms with Crippen LogP contribution >= 0.6 is 0 Å². The maximum atomic E-state index is 13.5. The Bertz CT molecular complexity index is 652. The zero-order valence-corrected chi connectivity index (χ0v) is 10.1. The molecule has 0 radical (unpaired) electrons. The number of methoxy groups -OCH3 is 1. The van der Waals surface area contributed by atoms with Crippen LogP contribution in [0.4, 0.5) is 23.2 Å². The molecular weight excluding hydrogens is 264 g/mol. The van der Waals surface area contributed by atoms with Gasteiger partial charge in [-0.2, -0.15) is 13.2 Å². The molecule has 0 saturated carbocycles. The lowest BCUT2D eigenvalue weighted by Crippen LogP contribution is -2.12. The van der Waals surface area contributed by atoms with Crippen molar-refractivity contribution in [1.29, 1.82) is 0 Å². The molecule has 7 heteroatoms. The van der Waals surface area contributed by atoms with Gasteiger partial charge in [-0.1, -0.05) is 0 Å². The predicted octanol–water partition coefficient (Wildman–Crippen LogP) is 3.29. The summed E-state index contributed by atoms with van der Waals surface area (Å²) in [6.07, 6.45) is -4.64. The lowest BCUT2D eigenvalue weighted by atomic mass is 10.1. The Balaban J connectivity index is 2.85. The van der Waals surface area contributed by atoms with Gasteiger partial charge in [0.05, 0.1) is 12.6 Å². The highest BCUT2D eigenvalue weighted by molar-refractivity contribution is 5.93. The van der Waals surface area contributed by atoms with Gasteiger partial charge in [0.25, 0.3) is 0 Å². The molecule has 0 saturated heterocycles. The summed E-state index contributed by atoms with van der Waals surface area (Å²) in [5, 5.41) is 0.226. The van der Waals surface area contributed by atoms with E-state index in [9.17, 15) is 17.6 Å². The molecule has 0 spiro atoms. The minimum absolute atomic E-state index is 0.0874. The topological polar surface area (TPSA) is 48.1 Å². The number of nitrogens with two attached hydrogens (primary N) is 1. The molecule has 2 rings (SSSR count). The number of halogens is 4. The fraction of sp³-hybridized carbons (Fsp3) is 0.250. The number of hydrogen-bond acceptors (Lipinski definition) is 3. The highest BCUT2D eigenvalue weighted by Gasteiger charge is 2.35. The normalized spacial score (nSPS) is 11.9. The summed E-state index contributed by atoms with van der Waals surface area (Å²) in [5.41, 5.74) is 4.13. The van der Waals surface area contributed by atoms with E-state index in [0.717, 1.165) is 6.07 Å². The van der Waals surface area contributed by atoms with Crippen molar-refractivity contribution in [3.63, 3.8) is 0 Å². The molecule has 0 unspecified atom stereocenters. The van der Waals surface area contributed by atoms with E-state index in [-0.39, 0.29) is 27.9 Å². The third-order valence-corrected chi connectivity index (χ3v) is 2.82. The second-order valence-electron chi connectivity index (χ2n) is 4.00. The number of rotatable bonds is 1. The second-order valence-corrected chi connectivity index (χ2v) is 4.00. The Kier molecular flexibility index (Phi) is 3.00. The number of ether oxygens (including phenoxy) is 1. The number of benzene rings is 1. The van der Waals surface area contributed by atoms with Crippen LogP contribution in [0.15, 0.2) is 12.1 Å². The fourth-order valence-electron chi connectivity index (χ4n) is 1.82. The number of alkyl halides is 3. The van der Waals surface area contributed by atoms with Gasteiger partial charge in [-0.15, -0.1) is 0 Å². The van der Waals surface area contributed by atoms with Crippen molar-refractivity contribution in [3.8, 4) is 5.75 Å². The molecule has 102 valence electrons. The number of fused-ring (bicyclic) bond motifs is 1. The smallest absolute Gasteiger partial charge is 0.433 e. The van der Waals surface area contributed by atoms with E-state index in [1.165, 1.54) is 20.1 Å². The van der Waals surface area contributed by atoms with Gasteiger partial charge >= 0.3 is 6.18 Å². The van der Waals surface area contributed by atoms with Crippen LogP contribution in [0.5, 0.6) is 5.75 Å². The summed E-state index contributed by atoms with van der Waals surface area (Å²) in [4.78, 5) is 3.44. The highest BCUT2D eigenvalue weighted by Crippen LogP contribution is 2.37. The van der Waals surface area contributed by atoms with Crippen molar-refractivity contribution in [2.45, 2.75) is 13.1 Å². The first-order valence-corrected chi connectivity index (χ1v) is 5.26. The molecule has 2 N–H and O–H groups in total. The molecule has 1 heterocycles. The number of hydrogen-bond donors (Lipinski definition) is 1. The molecule has 0 amide bonds. The SMILES string of the molecule is COc1cc2c(N)c(C)c(C(F)(F)F)nc2cc1F. The van der Waals surface area contributed by atoms with Gasteiger partial charge in [-0.25, -0.2) is 9.37 Å². The van der Waals surface area contributed by atoms with Crippen molar-refractivity contribution in [3.05, 3.63) is 29.2 Å². The largest absolute Gasteiger partial charge is 0.494 e. The average molecular weight is 274 g/mol. The van der Waals surface area contributed by atoms with Gasteiger partial charge in [-0.05, 0) is 13.0 Å². The lowest BCUT2D eigenvalue weighted by molar-refractivity contribution is -0.141. The Morgan fingerprint density at radius 1 is 1.26 bits per heavy atom. The summed E-state index contributed by atoms with van der Waals surface area (Å²) in [6.45, 7) is 1.22. The summed E-state index contributed by atoms with van der Waals surface area (Å²) in [6, 6.07) is 2.11. The Hall–Kier alpha value is -2.05. The van der Waals surface area contributed by atoms with Crippen LogP contribution in [0.2, 0.25) is 0 Å². The molecule has 3 nitrogen and oxygen atoms in total. The monoisotopic (exact) mass is 274 g/mol. The summed E-state index contributed by atoms with van der Waals surface area (Å²) >= 11 is 0. The quantitative estimate of drug-likeness (QED) is 0.812. The third kappa shape index (κ3) is 2.16. The van der Waals surface area contributed by atoms with Gasteiger partial charge in [0.1, 0.15) is 5.69 Å². The molecule has 1 aromatic heterocycles. The third-order valence-electron chi connectivity index (χ3n) is 2.82. The average Bonchev–Trinajstić information content (AvgIpc) is 2.31. The molecule has 1 aromatic carbocycles. The van der Waals surface area contributed by atoms with Crippen LogP contribution in [0.25, 0.3) is 10.9 Å². The zero-order valence-electron chi connectivity index (χ0n) is 10.1.